The Morgan fingerprint density at radius 2 is 1.38 bits per heavy atom. The van der Waals surface area contributed by atoms with Crippen LogP contribution in [0.15, 0.2) is 47.7 Å². The standard InChI is InChI=1S/C25H28O9/c26-24(20-3-1-2-4-22(20)31-12-16-8-27-16)21-5-6-25(33-14-18-10-29-18,34-15-19-11-30-19)7-23(21)32-13-17-9-28-17/h1-6,16-19H,7-15H2. The lowest BCUT2D eigenvalue weighted by atomic mass is 9.93. The molecule has 9 heteroatoms. The van der Waals surface area contributed by atoms with Crippen molar-refractivity contribution in [2.24, 2.45) is 0 Å². The van der Waals surface area contributed by atoms with E-state index in [1.165, 1.54) is 0 Å². The van der Waals surface area contributed by atoms with Crippen LogP contribution in [0.2, 0.25) is 0 Å². The summed E-state index contributed by atoms with van der Waals surface area (Å²) in [6, 6.07) is 7.22. The number of ketones is 1. The van der Waals surface area contributed by atoms with Crippen molar-refractivity contribution in [3.8, 4) is 5.75 Å². The van der Waals surface area contributed by atoms with Crippen LogP contribution < -0.4 is 4.74 Å². The molecular formula is C25H28O9. The Bertz CT molecular complexity index is 954. The molecule has 0 spiro atoms. The van der Waals surface area contributed by atoms with Crippen molar-refractivity contribution in [3.05, 3.63) is 53.3 Å². The van der Waals surface area contributed by atoms with Crippen LogP contribution in [0.1, 0.15) is 16.8 Å². The minimum atomic E-state index is -1.05. The lowest BCUT2D eigenvalue weighted by Gasteiger charge is -2.34. The van der Waals surface area contributed by atoms with Gasteiger partial charge in [-0.15, -0.1) is 0 Å². The van der Waals surface area contributed by atoms with Crippen molar-refractivity contribution in [1.82, 2.24) is 0 Å². The van der Waals surface area contributed by atoms with Crippen LogP contribution in [-0.2, 0) is 33.2 Å². The number of epoxide rings is 4. The van der Waals surface area contributed by atoms with Gasteiger partial charge < -0.3 is 37.9 Å². The number of rotatable bonds is 14. The first-order chi connectivity index (χ1) is 16.7. The van der Waals surface area contributed by atoms with Crippen LogP contribution in [0.5, 0.6) is 5.75 Å². The van der Waals surface area contributed by atoms with Crippen molar-refractivity contribution in [3.63, 3.8) is 0 Å². The second-order valence-corrected chi connectivity index (χ2v) is 9.05. The van der Waals surface area contributed by atoms with Crippen LogP contribution in [0.25, 0.3) is 0 Å². The van der Waals surface area contributed by atoms with Gasteiger partial charge in [0.15, 0.2) is 11.6 Å². The Balaban J connectivity index is 1.24. The highest BCUT2D eigenvalue weighted by Gasteiger charge is 2.41. The molecule has 0 aromatic heterocycles. The monoisotopic (exact) mass is 472 g/mol. The van der Waals surface area contributed by atoms with Crippen molar-refractivity contribution in [2.75, 3.05) is 52.9 Å². The van der Waals surface area contributed by atoms with Gasteiger partial charge in [-0.1, -0.05) is 12.1 Å². The van der Waals surface area contributed by atoms with E-state index in [2.05, 4.69) is 0 Å². The van der Waals surface area contributed by atoms with Crippen LogP contribution >= 0.6 is 0 Å². The lowest BCUT2D eigenvalue weighted by molar-refractivity contribution is -0.212. The molecule has 0 saturated carbocycles. The average molecular weight is 472 g/mol. The molecule has 1 aliphatic carbocycles. The minimum Gasteiger partial charge on any atom is -0.494 e. The predicted molar refractivity (Wildman–Crippen MR) is 117 cm³/mol. The second kappa shape index (κ2) is 9.41. The highest BCUT2D eigenvalue weighted by atomic mass is 16.7. The van der Waals surface area contributed by atoms with Crippen LogP contribution in [0, 0.1) is 0 Å². The van der Waals surface area contributed by atoms with Gasteiger partial charge in [-0.3, -0.25) is 4.79 Å². The molecule has 4 saturated heterocycles. The summed E-state index contributed by atoms with van der Waals surface area (Å²) in [6.07, 6.45) is 4.07. The second-order valence-electron chi connectivity index (χ2n) is 9.05. The van der Waals surface area contributed by atoms with Gasteiger partial charge in [0, 0.05) is 0 Å². The Hall–Kier alpha value is -2.27. The van der Waals surface area contributed by atoms with Crippen LogP contribution in [0.4, 0.5) is 0 Å². The minimum absolute atomic E-state index is 0.0416. The first kappa shape index (κ1) is 22.2. The van der Waals surface area contributed by atoms with E-state index < -0.39 is 5.79 Å². The molecule has 1 aromatic carbocycles. The predicted octanol–water partition coefficient (Wildman–Crippen LogP) is 1.80. The smallest absolute Gasteiger partial charge is 0.200 e. The summed E-state index contributed by atoms with van der Waals surface area (Å²) in [4.78, 5) is 13.7. The van der Waals surface area contributed by atoms with Gasteiger partial charge in [0.2, 0.25) is 0 Å². The van der Waals surface area contributed by atoms with Gasteiger partial charge in [-0.25, -0.2) is 0 Å². The zero-order chi connectivity index (χ0) is 23.0. The van der Waals surface area contributed by atoms with Crippen LogP contribution in [-0.4, -0.2) is 88.8 Å². The van der Waals surface area contributed by atoms with E-state index in [4.69, 9.17) is 37.9 Å². The van der Waals surface area contributed by atoms with E-state index in [0.717, 1.165) is 0 Å². The Morgan fingerprint density at radius 3 is 2.00 bits per heavy atom. The molecule has 0 radical (unpaired) electrons. The first-order valence-corrected chi connectivity index (χ1v) is 11.7. The van der Waals surface area contributed by atoms with Crippen molar-refractivity contribution >= 4 is 5.78 Å². The fourth-order valence-electron chi connectivity index (χ4n) is 3.68. The molecule has 0 amide bonds. The molecule has 9 nitrogen and oxygen atoms in total. The molecule has 4 atom stereocenters. The third kappa shape index (κ3) is 5.68. The quantitative estimate of drug-likeness (QED) is 0.228. The fraction of sp³-hybridized carbons (Fsp3) is 0.560. The Kier molecular flexibility index (Phi) is 6.15. The molecular weight excluding hydrogens is 444 g/mol. The highest BCUT2D eigenvalue weighted by Crippen LogP contribution is 2.36. The lowest BCUT2D eigenvalue weighted by Crippen LogP contribution is -2.39. The zero-order valence-corrected chi connectivity index (χ0v) is 18.8. The Labute approximate surface area is 197 Å². The van der Waals surface area contributed by atoms with Crippen molar-refractivity contribution in [1.29, 1.82) is 0 Å². The summed E-state index contributed by atoms with van der Waals surface area (Å²) in [6.45, 7) is 4.28. The number of para-hydroxylation sites is 1. The number of carbonyl (C=O) groups excluding carboxylic acids is 1. The number of ether oxygens (including phenoxy) is 8. The average Bonchev–Trinajstić information content (AvgIpc) is 3.71. The molecule has 4 heterocycles. The number of allylic oxidation sites excluding steroid dienone is 2. The third-order valence-corrected chi connectivity index (χ3v) is 6.09. The van der Waals surface area contributed by atoms with Gasteiger partial charge in [0.05, 0.1) is 57.2 Å². The molecule has 0 bridgehead atoms. The summed E-state index contributed by atoms with van der Waals surface area (Å²) in [5.41, 5.74) is 0.922. The molecule has 4 unspecified atom stereocenters. The van der Waals surface area contributed by atoms with Crippen molar-refractivity contribution in [2.45, 2.75) is 36.6 Å². The Morgan fingerprint density at radius 1 is 0.824 bits per heavy atom. The largest absolute Gasteiger partial charge is 0.494 e. The maximum atomic E-state index is 13.7. The van der Waals surface area contributed by atoms with E-state index in [1.807, 2.05) is 12.1 Å². The molecule has 34 heavy (non-hydrogen) atoms. The van der Waals surface area contributed by atoms with E-state index >= 15 is 0 Å². The number of carbonyl (C=O) groups is 1. The van der Waals surface area contributed by atoms with E-state index in [0.29, 0.717) is 75.5 Å². The van der Waals surface area contributed by atoms with E-state index in [1.54, 1.807) is 24.3 Å². The maximum absolute atomic E-state index is 13.7. The number of Topliss-reactive ketones (excluding diaryl/α,β-unsaturated/α-hetero) is 1. The van der Waals surface area contributed by atoms with Gasteiger partial charge in [0.1, 0.15) is 49.1 Å². The summed E-state index contributed by atoms with van der Waals surface area (Å²) in [5, 5.41) is 0. The fourth-order valence-corrected chi connectivity index (χ4v) is 3.68. The number of benzene rings is 1. The summed E-state index contributed by atoms with van der Waals surface area (Å²) >= 11 is 0. The van der Waals surface area contributed by atoms with Gasteiger partial charge in [-0.2, -0.15) is 0 Å². The summed E-state index contributed by atoms with van der Waals surface area (Å²) in [5.74, 6) is -0.202. The molecule has 4 aliphatic heterocycles. The SMILES string of the molecule is O=C(C1=C(OCC2CO2)CC(OCC2CO2)(OCC2CO2)C=C1)c1ccccc1OCC1CO1. The van der Waals surface area contributed by atoms with Gasteiger partial charge >= 0.3 is 0 Å². The molecule has 4 fully saturated rings. The first-order valence-electron chi connectivity index (χ1n) is 11.7. The van der Waals surface area contributed by atoms with Crippen LogP contribution in [0.3, 0.4) is 0 Å². The van der Waals surface area contributed by atoms with E-state index in [-0.39, 0.29) is 36.6 Å². The third-order valence-electron chi connectivity index (χ3n) is 6.09. The summed E-state index contributed by atoms with van der Waals surface area (Å²) < 4.78 is 45.5. The van der Waals surface area contributed by atoms with Gasteiger partial charge in [0.25, 0.3) is 0 Å². The summed E-state index contributed by atoms with van der Waals surface area (Å²) in [7, 11) is 0. The molecule has 5 aliphatic rings. The number of hydrogen-bond acceptors (Lipinski definition) is 9. The molecule has 6 rings (SSSR count). The normalized spacial score (nSPS) is 32.9. The highest BCUT2D eigenvalue weighted by molar-refractivity contribution is 6.12. The maximum Gasteiger partial charge on any atom is 0.200 e. The van der Waals surface area contributed by atoms with Gasteiger partial charge in [-0.05, 0) is 24.3 Å². The molecule has 0 N–H and O–H groups in total. The topological polar surface area (TPSA) is 104 Å². The zero-order valence-electron chi connectivity index (χ0n) is 18.8. The molecule has 1 aromatic rings. The van der Waals surface area contributed by atoms with Crippen molar-refractivity contribution < 1.29 is 42.7 Å². The van der Waals surface area contributed by atoms with E-state index in [9.17, 15) is 4.79 Å². The molecule has 182 valence electrons. The number of hydrogen-bond donors (Lipinski definition) is 0.